The Morgan fingerprint density at radius 1 is 1.02 bits per heavy atom. The van der Waals surface area contributed by atoms with Gasteiger partial charge in [-0.15, -0.1) is 22.7 Å². The van der Waals surface area contributed by atoms with Gasteiger partial charge in [-0.2, -0.15) is 8.42 Å². The zero-order chi connectivity index (χ0) is 31.8. The number of nitrogens with zero attached hydrogens (tertiary/aromatic N) is 3. The maximum atomic E-state index is 13.1. The highest BCUT2D eigenvalue weighted by Gasteiger charge is 2.20. The molecule has 0 radical (unpaired) electrons. The molecule has 0 unspecified atom stereocenters. The normalized spacial score (nSPS) is 11.5. The highest BCUT2D eigenvalue weighted by molar-refractivity contribution is 7.88. The van der Waals surface area contributed by atoms with Crippen LogP contribution in [0.15, 0.2) is 73.5 Å². The van der Waals surface area contributed by atoms with Crippen molar-refractivity contribution in [3.8, 4) is 11.1 Å². The highest BCUT2D eigenvalue weighted by atomic mass is 32.3. The molecular formula is C32H32N4O5S3. The molecule has 6 aromatic rings. The van der Waals surface area contributed by atoms with Gasteiger partial charge in [-0.3, -0.25) is 14.3 Å². The summed E-state index contributed by atoms with van der Waals surface area (Å²) >= 11 is 2.73. The van der Waals surface area contributed by atoms with Crippen molar-refractivity contribution in [2.75, 3.05) is 5.73 Å². The van der Waals surface area contributed by atoms with Crippen molar-refractivity contribution >= 4 is 49.5 Å². The second kappa shape index (κ2) is 12.5. The summed E-state index contributed by atoms with van der Waals surface area (Å²) in [6.07, 6.45) is 0.710. The summed E-state index contributed by atoms with van der Waals surface area (Å²) in [6, 6.07) is 16.9. The molecule has 0 aliphatic heterocycles. The number of rotatable bonds is 6. The molecule has 1 aromatic carbocycles. The number of fused-ring (bicyclic) bond motifs is 1. The minimum absolute atomic E-state index is 0.0604. The summed E-state index contributed by atoms with van der Waals surface area (Å²) in [6.45, 7) is 9.79. The zero-order valence-corrected chi connectivity index (χ0v) is 27.4. The Morgan fingerprint density at radius 2 is 1.75 bits per heavy atom. The lowest BCUT2D eigenvalue weighted by Gasteiger charge is -2.15. The minimum atomic E-state index is -4.31. The largest absolute Gasteiger partial charge is 0.381 e. The first-order chi connectivity index (χ1) is 20.8. The monoisotopic (exact) mass is 648 g/mol. The molecule has 6 rings (SSSR count). The lowest BCUT2D eigenvalue weighted by Crippen LogP contribution is -2.21. The molecule has 0 spiro atoms. The molecule has 0 aliphatic carbocycles. The van der Waals surface area contributed by atoms with Crippen molar-refractivity contribution in [1.29, 1.82) is 0 Å². The third kappa shape index (κ3) is 6.68. The zero-order valence-electron chi connectivity index (χ0n) is 24.9. The first-order valence-corrected chi connectivity index (χ1v) is 16.8. The minimum Gasteiger partial charge on any atom is -0.381 e. The second-order valence-electron chi connectivity index (χ2n) is 10.6. The van der Waals surface area contributed by atoms with Crippen molar-refractivity contribution < 1.29 is 17.5 Å². The summed E-state index contributed by atoms with van der Waals surface area (Å²) in [5.41, 5.74) is 11.8. The van der Waals surface area contributed by atoms with Gasteiger partial charge in [0.15, 0.2) is 10.0 Å². The Bertz CT molecular complexity index is 2110. The number of aromatic nitrogens is 3. The van der Waals surface area contributed by atoms with Crippen LogP contribution in [0, 0.1) is 34.6 Å². The fourth-order valence-electron chi connectivity index (χ4n) is 5.01. The van der Waals surface area contributed by atoms with Gasteiger partial charge in [0, 0.05) is 50.1 Å². The molecule has 0 saturated carbocycles. The molecule has 5 heterocycles. The predicted octanol–water partition coefficient (Wildman–Crippen LogP) is 6.87. The van der Waals surface area contributed by atoms with Gasteiger partial charge in [0.05, 0.1) is 12.1 Å². The molecule has 44 heavy (non-hydrogen) atoms. The molecule has 0 atom stereocenters. The number of nitrogen functional groups attached to an aromatic ring is 1. The van der Waals surface area contributed by atoms with E-state index in [-0.39, 0.29) is 9.77 Å². The van der Waals surface area contributed by atoms with E-state index in [1.165, 1.54) is 4.88 Å². The van der Waals surface area contributed by atoms with Gasteiger partial charge in [-0.1, -0.05) is 35.5 Å². The molecule has 228 valence electrons. The number of nitrogens with two attached hydrogens (primary N) is 1. The van der Waals surface area contributed by atoms with Crippen LogP contribution in [0.2, 0.25) is 0 Å². The summed E-state index contributed by atoms with van der Waals surface area (Å²) in [4.78, 5) is 19.9. The Balaban J connectivity index is 0.000000418. The van der Waals surface area contributed by atoms with Crippen LogP contribution in [0.5, 0.6) is 0 Å². The molecule has 0 bridgehead atoms. The molecule has 9 nitrogen and oxygen atoms in total. The lowest BCUT2D eigenvalue weighted by molar-refractivity contribution is 0.399. The molecule has 0 aliphatic rings. The fraction of sp³-hybridized carbons (Fsp3) is 0.219. The van der Waals surface area contributed by atoms with E-state index < -0.39 is 10.1 Å². The fourth-order valence-corrected chi connectivity index (χ4v) is 7.76. The van der Waals surface area contributed by atoms with Gasteiger partial charge in [0.1, 0.15) is 5.76 Å². The maximum absolute atomic E-state index is 13.1. The van der Waals surface area contributed by atoms with Crippen molar-refractivity contribution in [3.05, 3.63) is 114 Å². The van der Waals surface area contributed by atoms with Crippen molar-refractivity contribution in [2.45, 2.75) is 51.8 Å². The Hall–Kier alpha value is -4.10. The number of aryl methyl sites for hydroxylation is 4. The summed E-state index contributed by atoms with van der Waals surface area (Å²) in [5.74, 6) is 1.28. The Kier molecular flexibility index (Phi) is 8.89. The molecule has 5 aromatic heterocycles. The van der Waals surface area contributed by atoms with E-state index in [2.05, 4.69) is 11.2 Å². The van der Waals surface area contributed by atoms with Crippen molar-refractivity contribution in [2.24, 2.45) is 0 Å². The highest BCUT2D eigenvalue weighted by Crippen LogP contribution is 2.35. The maximum Gasteiger partial charge on any atom is 0.304 e. The number of benzene rings is 1. The molecule has 0 amide bonds. The van der Waals surface area contributed by atoms with Crippen molar-refractivity contribution in [1.82, 2.24) is 14.7 Å². The standard InChI is InChI=1S/C27H24N2O4S3.C5H8N2O/c1-16-11-25(30)29(24-14-21(28-18(3)26(16)24)13-22-5-4-10-34-22)15-19-6-8-20(9-7-19)23-12-17(2)35-27(23)36(31,32)33;1-3-4(2)8-7-5(3)6/h4-12,14H,13,15H2,1-3H3,(H,31,32,33);1-2H3,(H2,6,7). The SMILES string of the molecule is Cc1cc(-c2ccc(Cn3c(=O)cc(C)c4c(C)nc(Cc5cccs5)cc43)cc2)c(S(=O)(=O)O)s1.Cc1onc(N)c1C. The second-order valence-corrected chi connectivity index (χ2v) is 14.5. The van der Waals surface area contributed by atoms with E-state index in [4.69, 9.17) is 15.2 Å². The molecule has 12 heteroatoms. The first kappa shape index (κ1) is 31.3. The van der Waals surface area contributed by atoms with Crippen LogP contribution < -0.4 is 11.3 Å². The van der Waals surface area contributed by atoms with Crippen LogP contribution in [0.4, 0.5) is 5.82 Å². The van der Waals surface area contributed by atoms with Crippen LogP contribution in [-0.2, 0) is 23.1 Å². The van der Waals surface area contributed by atoms with Crippen LogP contribution in [0.25, 0.3) is 22.0 Å². The quantitative estimate of drug-likeness (QED) is 0.186. The van der Waals surface area contributed by atoms with E-state index in [1.807, 2.05) is 69.5 Å². The van der Waals surface area contributed by atoms with Crippen LogP contribution >= 0.6 is 22.7 Å². The van der Waals surface area contributed by atoms with Gasteiger partial charge < -0.3 is 14.8 Å². The average Bonchev–Trinajstić information content (AvgIpc) is 3.69. The van der Waals surface area contributed by atoms with Gasteiger partial charge >= 0.3 is 10.1 Å². The smallest absolute Gasteiger partial charge is 0.304 e. The number of hydrogen-bond acceptors (Lipinski definition) is 9. The van der Waals surface area contributed by atoms with Gasteiger partial charge in [0.25, 0.3) is 5.56 Å². The average molecular weight is 649 g/mol. The summed E-state index contributed by atoms with van der Waals surface area (Å²) in [7, 11) is -4.31. The number of thiophene rings is 2. The van der Waals surface area contributed by atoms with Gasteiger partial charge in [-0.05, 0) is 74.9 Å². The third-order valence-corrected chi connectivity index (χ3v) is 10.6. The first-order valence-electron chi connectivity index (χ1n) is 13.7. The Labute approximate surface area is 263 Å². The molecule has 3 N–H and O–H groups in total. The van der Waals surface area contributed by atoms with Gasteiger partial charge in [0.2, 0.25) is 0 Å². The lowest BCUT2D eigenvalue weighted by atomic mass is 10.0. The summed E-state index contributed by atoms with van der Waals surface area (Å²) < 4.78 is 39.7. The van der Waals surface area contributed by atoms with E-state index in [0.717, 1.165) is 61.0 Å². The molecule has 0 fully saturated rings. The Morgan fingerprint density at radius 3 is 2.32 bits per heavy atom. The van der Waals surface area contributed by atoms with E-state index in [1.54, 1.807) is 35.0 Å². The molecular weight excluding hydrogens is 617 g/mol. The van der Waals surface area contributed by atoms with Crippen LogP contribution in [0.1, 0.15) is 43.6 Å². The number of hydrogen-bond donors (Lipinski definition) is 2. The van der Waals surface area contributed by atoms with Crippen molar-refractivity contribution in [3.63, 3.8) is 0 Å². The van der Waals surface area contributed by atoms with Gasteiger partial charge in [-0.25, -0.2) is 0 Å². The topological polar surface area (TPSA) is 141 Å². The van der Waals surface area contributed by atoms with Crippen LogP contribution in [-0.4, -0.2) is 27.7 Å². The summed E-state index contributed by atoms with van der Waals surface area (Å²) in [5, 5.41) is 6.54. The molecule has 0 saturated heterocycles. The van der Waals surface area contributed by atoms with Crippen LogP contribution in [0.3, 0.4) is 0 Å². The number of pyridine rings is 2. The van der Waals surface area contributed by atoms with E-state index >= 15 is 0 Å². The number of anilines is 1. The van der Waals surface area contributed by atoms with E-state index in [0.29, 0.717) is 29.9 Å². The third-order valence-electron chi connectivity index (χ3n) is 7.31. The van der Waals surface area contributed by atoms with E-state index in [9.17, 15) is 17.8 Å². The predicted molar refractivity (Wildman–Crippen MR) is 176 cm³/mol.